The van der Waals surface area contributed by atoms with E-state index in [1.807, 2.05) is 0 Å². The van der Waals surface area contributed by atoms with Gasteiger partial charge in [0.05, 0.1) is 12.7 Å². The van der Waals surface area contributed by atoms with Gasteiger partial charge in [-0.3, -0.25) is 0 Å². The van der Waals surface area contributed by atoms with Crippen molar-refractivity contribution in [2.24, 2.45) is 0 Å². The maximum absolute atomic E-state index is 9.61. The van der Waals surface area contributed by atoms with Crippen LogP contribution in [0.4, 0.5) is 0 Å². The smallest absolute Gasteiger partial charge is 0.111 e. The number of unbranched alkanes of at least 4 members (excludes halogenated alkanes) is 1. The summed E-state index contributed by atoms with van der Waals surface area (Å²) in [5.74, 6) is 0. The van der Waals surface area contributed by atoms with E-state index in [0.717, 1.165) is 12.8 Å². The van der Waals surface area contributed by atoms with E-state index in [0.29, 0.717) is 6.42 Å². The summed E-state index contributed by atoms with van der Waals surface area (Å²) < 4.78 is 5.29. The molecule has 1 heterocycles. The first-order valence-electron chi connectivity index (χ1n) is 5.21. The Bertz CT molecular complexity index is 190. The largest absolute Gasteiger partial charge is 0.394 e. The summed E-state index contributed by atoms with van der Waals surface area (Å²) in [6.07, 6.45) is -2.91. The predicted molar refractivity (Wildman–Crippen MR) is 53.0 cm³/mol. The van der Waals surface area contributed by atoms with Crippen molar-refractivity contribution in [1.29, 1.82) is 0 Å². The summed E-state index contributed by atoms with van der Waals surface area (Å²) in [6, 6.07) is 0. The molecule has 1 saturated heterocycles. The minimum Gasteiger partial charge on any atom is -0.394 e. The number of hydrogen-bond donors (Lipinski definition) is 4. The Morgan fingerprint density at radius 1 is 1.00 bits per heavy atom. The molecule has 1 aliphatic rings. The molecule has 0 aromatic heterocycles. The molecule has 5 unspecified atom stereocenters. The molecule has 0 spiro atoms. The van der Waals surface area contributed by atoms with Gasteiger partial charge in [0, 0.05) is 32.7 Å². The summed E-state index contributed by atoms with van der Waals surface area (Å²) in [6.45, 7) is 3.30. The van der Waals surface area contributed by atoms with Gasteiger partial charge in [-0.05, 0) is 6.42 Å². The van der Waals surface area contributed by atoms with Crippen LogP contribution in [0, 0.1) is 6.92 Å². The fraction of sp³-hybridized carbons (Fsp3) is 0.900. The maximum Gasteiger partial charge on any atom is 0.111 e. The summed E-state index contributed by atoms with van der Waals surface area (Å²) in [5.41, 5.74) is 0. The normalized spacial score (nSPS) is 39.2. The van der Waals surface area contributed by atoms with Crippen molar-refractivity contribution in [3.63, 3.8) is 0 Å². The third-order valence-electron chi connectivity index (χ3n) is 2.73. The van der Waals surface area contributed by atoms with E-state index in [2.05, 4.69) is 6.92 Å². The van der Waals surface area contributed by atoms with Crippen LogP contribution < -0.4 is 0 Å². The third-order valence-corrected chi connectivity index (χ3v) is 2.73. The van der Waals surface area contributed by atoms with Crippen LogP contribution in [0.25, 0.3) is 0 Å². The van der Waals surface area contributed by atoms with Crippen LogP contribution in [0.2, 0.25) is 0 Å². The number of hydrogen-bond acceptors (Lipinski definition) is 5. The van der Waals surface area contributed by atoms with E-state index < -0.39 is 30.5 Å². The zero-order chi connectivity index (χ0) is 11.4. The molecule has 1 aliphatic heterocycles. The summed E-state index contributed by atoms with van der Waals surface area (Å²) in [5, 5.41) is 37.5. The van der Waals surface area contributed by atoms with Crippen LogP contribution in [0.15, 0.2) is 0 Å². The Morgan fingerprint density at radius 2 is 1.56 bits per heavy atom. The summed E-state index contributed by atoms with van der Waals surface area (Å²) in [7, 11) is 0. The molecule has 4 N–H and O–H groups in total. The monoisotopic (exact) mass is 308 g/mol. The summed E-state index contributed by atoms with van der Waals surface area (Å²) in [4.78, 5) is 0. The van der Waals surface area contributed by atoms with Gasteiger partial charge in [-0.2, -0.15) is 6.42 Å². The molecular weight excluding hydrogens is 289 g/mol. The molecule has 0 aromatic rings. The van der Waals surface area contributed by atoms with Crippen LogP contribution in [0.3, 0.4) is 0 Å². The van der Waals surface area contributed by atoms with E-state index in [9.17, 15) is 15.3 Å². The van der Waals surface area contributed by atoms with E-state index in [1.54, 1.807) is 0 Å². The van der Waals surface area contributed by atoms with Gasteiger partial charge in [0.1, 0.15) is 24.4 Å². The van der Waals surface area contributed by atoms with Crippen molar-refractivity contribution in [3.8, 4) is 0 Å². The Kier molecular flexibility index (Phi) is 8.54. The van der Waals surface area contributed by atoms with Crippen molar-refractivity contribution in [3.05, 3.63) is 6.92 Å². The zero-order valence-corrected chi connectivity index (χ0v) is 12.0. The van der Waals surface area contributed by atoms with Gasteiger partial charge in [0.25, 0.3) is 0 Å². The van der Waals surface area contributed by atoms with E-state index in [1.165, 1.54) is 0 Å². The molecule has 1 rings (SSSR count). The van der Waals surface area contributed by atoms with Crippen LogP contribution >= 0.6 is 0 Å². The average Bonchev–Trinajstić information content (AvgIpc) is 2.25. The molecule has 1 fully saturated rings. The van der Waals surface area contributed by atoms with Crippen molar-refractivity contribution in [2.45, 2.75) is 49.8 Å². The van der Waals surface area contributed by atoms with Crippen LogP contribution in [0.1, 0.15) is 19.3 Å². The zero-order valence-electron chi connectivity index (χ0n) is 9.20. The quantitative estimate of drug-likeness (QED) is 0.492. The van der Waals surface area contributed by atoms with Gasteiger partial charge in [-0.15, -0.1) is 0 Å². The number of rotatable bonds is 4. The van der Waals surface area contributed by atoms with Crippen molar-refractivity contribution in [1.82, 2.24) is 0 Å². The Balaban J connectivity index is 0.00000225. The van der Waals surface area contributed by atoms with Crippen LogP contribution in [-0.4, -0.2) is 57.6 Å². The van der Waals surface area contributed by atoms with E-state index >= 15 is 0 Å². The fourth-order valence-corrected chi connectivity index (χ4v) is 1.76. The molecule has 93 valence electrons. The molecule has 5 nitrogen and oxygen atoms in total. The van der Waals surface area contributed by atoms with Crippen LogP contribution in [-0.2, 0) is 37.4 Å². The molecule has 16 heavy (non-hydrogen) atoms. The van der Waals surface area contributed by atoms with Gasteiger partial charge in [0.15, 0.2) is 0 Å². The number of ether oxygens (including phenoxy) is 1. The number of aliphatic hydroxyl groups excluding tert-OH is 4. The molecule has 1 radical (unpaired) electrons. The van der Waals surface area contributed by atoms with Gasteiger partial charge < -0.3 is 32.1 Å². The van der Waals surface area contributed by atoms with E-state index in [4.69, 9.17) is 9.84 Å². The predicted octanol–water partition coefficient (Wildman–Crippen LogP) is -1.17. The van der Waals surface area contributed by atoms with Gasteiger partial charge in [-0.1, -0.05) is 6.42 Å². The number of aliphatic hydroxyl groups is 4. The first-order chi connectivity index (χ1) is 7.11. The maximum atomic E-state index is 9.61. The topological polar surface area (TPSA) is 90.2 Å². The Labute approximate surface area is 121 Å². The van der Waals surface area contributed by atoms with Gasteiger partial charge >= 0.3 is 0 Å². The molecule has 0 bridgehead atoms. The van der Waals surface area contributed by atoms with Crippen molar-refractivity contribution >= 4 is 0 Å². The van der Waals surface area contributed by atoms with E-state index in [-0.39, 0.29) is 39.3 Å². The average molecular weight is 308 g/mol. The second kappa shape index (κ2) is 8.08. The van der Waals surface area contributed by atoms with Gasteiger partial charge in [0.2, 0.25) is 0 Å². The van der Waals surface area contributed by atoms with Crippen LogP contribution in [0.5, 0.6) is 0 Å². The molecule has 6 heteroatoms. The molecule has 0 amide bonds. The van der Waals surface area contributed by atoms with Crippen molar-refractivity contribution < 1.29 is 57.9 Å². The fourth-order valence-electron chi connectivity index (χ4n) is 1.76. The van der Waals surface area contributed by atoms with Gasteiger partial charge in [-0.25, -0.2) is 0 Å². The third kappa shape index (κ3) is 3.98. The Morgan fingerprint density at radius 3 is 2.06 bits per heavy atom. The molecule has 0 aromatic carbocycles. The Hall–Kier alpha value is 0.904. The second-order valence-corrected chi connectivity index (χ2v) is 3.86. The molecule has 0 saturated carbocycles. The minimum absolute atomic E-state index is 0. The second-order valence-electron chi connectivity index (χ2n) is 3.86. The molecule has 0 aliphatic carbocycles. The molecular formula is C10H19O5Y-. The minimum atomic E-state index is -1.26. The summed E-state index contributed by atoms with van der Waals surface area (Å²) >= 11 is 0. The SMILES string of the molecule is [CH2-]CCCC1OC(CO)C(O)C(O)C1O.[Y]. The first-order valence-corrected chi connectivity index (χ1v) is 5.21. The molecule has 5 atom stereocenters. The first kappa shape index (κ1) is 16.9. The standard InChI is InChI=1S/C10H19O5.Y/c1-2-3-4-6-8(12)10(14)9(13)7(5-11)15-6;/h6-14H,1-5H2;/q-1;. The van der Waals surface area contributed by atoms with Crippen molar-refractivity contribution in [2.75, 3.05) is 6.61 Å².